The van der Waals surface area contributed by atoms with Crippen LogP contribution in [0.25, 0.3) is 0 Å². The number of hydrogen-bond acceptors (Lipinski definition) is 5. The zero-order valence-electron chi connectivity index (χ0n) is 14.2. The molecule has 0 fully saturated rings. The van der Waals surface area contributed by atoms with E-state index in [2.05, 4.69) is 21.6 Å². The number of nitrogens with zero attached hydrogens (tertiary/aromatic N) is 1. The molecular formula is C18H21N3O2S2. The molecule has 25 heavy (non-hydrogen) atoms. The summed E-state index contributed by atoms with van der Waals surface area (Å²) in [5.41, 5.74) is 0.819. The van der Waals surface area contributed by atoms with Gasteiger partial charge in [0.15, 0.2) is 0 Å². The average molecular weight is 376 g/mol. The quantitative estimate of drug-likeness (QED) is 0.815. The van der Waals surface area contributed by atoms with E-state index in [1.807, 2.05) is 49.8 Å². The standard InChI is InChI=1S/C18H21N3O2S2/c1-21(2)13(15-8-5-9-24-15)11-19-17(22)10-16-18(23)20-12-6-3-4-7-14(12)25-16/h3-9,13,16H,10-11H2,1-2H3,(H,19,22)(H,20,23)/t13-,16+/m1/s1. The lowest BCUT2D eigenvalue weighted by Gasteiger charge is -2.25. The normalized spacial score (nSPS) is 17.7. The third kappa shape index (κ3) is 4.42. The van der Waals surface area contributed by atoms with E-state index in [1.165, 1.54) is 16.6 Å². The van der Waals surface area contributed by atoms with Gasteiger partial charge in [-0.05, 0) is 37.7 Å². The van der Waals surface area contributed by atoms with Gasteiger partial charge >= 0.3 is 0 Å². The molecule has 3 rings (SSSR count). The van der Waals surface area contributed by atoms with E-state index < -0.39 is 5.25 Å². The molecule has 132 valence electrons. The second kappa shape index (κ2) is 8.03. The number of anilines is 1. The van der Waals surface area contributed by atoms with Crippen molar-refractivity contribution in [2.45, 2.75) is 22.6 Å². The Kier molecular flexibility index (Phi) is 5.78. The van der Waals surface area contributed by atoms with Crippen molar-refractivity contribution in [3.63, 3.8) is 0 Å². The fraction of sp³-hybridized carbons (Fsp3) is 0.333. The second-order valence-electron chi connectivity index (χ2n) is 6.09. The lowest BCUT2D eigenvalue weighted by molar-refractivity contribution is -0.124. The molecule has 1 aliphatic rings. The van der Waals surface area contributed by atoms with Crippen LogP contribution in [-0.4, -0.2) is 42.6 Å². The molecule has 2 amide bonds. The van der Waals surface area contributed by atoms with E-state index in [0.29, 0.717) is 6.54 Å². The van der Waals surface area contributed by atoms with Crippen LogP contribution in [0.5, 0.6) is 0 Å². The van der Waals surface area contributed by atoms with E-state index in [9.17, 15) is 9.59 Å². The summed E-state index contributed by atoms with van der Waals surface area (Å²) in [6, 6.07) is 11.9. The number of nitrogens with one attached hydrogen (secondary N) is 2. The van der Waals surface area contributed by atoms with Crippen molar-refractivity contribution in [2.75, 3.05) is 26.0 Å². The smallest absolute Gasteiger partial charge is 0.238 e. The fourth-order valence-corrected chi connectivity index (χ4v) is 4.73. The Balaban J connectivity index is 1.57. The van der Waals surface area contributed by atoms with Gasteiger partial charge < -0.3 is 15.5 Å². The molecule has 2 heterocycles. The highest BCUT2D eigenvalue weighted by atomic mass is 32.2. The highest BCUT2D eigenvalue weighted by molar-refractivity contribution is 8.01. The largest absolute Gasteiger partial charge is 0.354 e. The number of thioether (sulfide) groups is 1. The summed E-state index contributed by atoms with van der Waals surface area (Å²) in [6.45, 7) is 0.530. The van der Waals surface area contributed by atoms with Crippen LogP contribution in [0.1, 0.15) is 17.3 Å². The minimum Gasteiger partial charge on any atom is -0.354 e. The first-order valence-electron chi connectivity index (χ1n) is 8.07. The zero-order valence-corrected chi connectivity index (χ0v) is 15.8. The SMILES string of the molecule is CN(C)[C@H](CNC(=O)C[C@@H]1Sc2ccccc2NC1=O)c1cccs1. The van der Waals surface area contributed by atoms with Crippen molar-refractivity contribution in [2.24, 2.45) is 0 Å². The molecule has 1 aromatic heterocycles. The Morgan fingerprint density at radius 3 is 2.80 bits per heavy atom. The molecule has 0 radical (unpaired) electrons. The van der Waals surface area contributed by atoms with Crippen LogP contribution in [0.15, 0.2) is 46.7 Å². The average Bonchev–Trinajstić information content (AvgIpc) is 3.09. The van der Waals surface area contributed by atoms with Crippen LogP contribution >= 0.6 is 23.1 Å². The summed E-state index contributed by atoms with van der Waals surface area (Å²) in [4.78, 5) is 28.9. The van der Waals surface area contributed by atoms with Gasteiger partial charge in [0.05, 0.1) is 17.0 Å². The topological polar surface area (TPSA) is 61.4 Å². The van der Waals surface area contributed by atoms with Gasteiger partial charge in [0.25, 0.3) is 0 Å². The molecule has 0 saturated heterocycles. The van der Waals surface area contributed by atoms with Gasteiger partial charge in [0.2, 0.25) is 11.8 Å². The zero-order chi connectivity index (χ0) is 17.8. The Morgan fingerprint density at radius 2 is 2.08 bits per heavy atom. The number of benzene rings is 1. The Bertz CT molecular complexity index is 747. The van der Waals surface area contributed by atoms with Gasteiger partial charge in [-0.2, -0.15) is 0 Å². The van der Waals surface area contributed by atoms with Crippen molar-refractivity contribution < 1.29 is 9.59 Å². The van der Waals surface area contributed by atoms with Crippen molar-refractivity contribution in [3.8, 4) is 0 Å². The third-order valence-corrected chi connectivity index (χ3v) is 6.31. The molecule has 1 aliphatic heterocycles. The minimum atomic E-state index is -0.394. The van der Waals surface area contributed by atoms with Gasteiger partial charge in [0, 0.05) is 22.7 Å². The van der Waals surface area contributed by atoms with Gasteiger partial charge in [-0.15, -0.1) is 23.1 Å². The van der Waals surface area contributed by atoms with Crippen LogP contribution in [-0.2, 0) is 9.59 Å². The maximum Gasteiger partial charge on any atom is 0.238 e. The Labute approximate surface area is 155 Å². The van der Waals surface area contributed by atoms with Crippen molar-refractivity contribution in [3.05, 3.63) is 46.7 Å². The Morgan fingerprint density at radius 1 is 1.28 bits per heavy atom. The molecule has 5 nitrogen and oxygen atoms in total. The predicted octanol–water partition coefficient (Wildman–Crippen LogP) is 2.97. The lowest BCUT2D eigenvalue weighted by Crippen LogP contribution is -2.38. The molecular weight excluding hydrogens is 354 g/mol. The number of rotatable bonds is 6. The summed E-state index contributed by atoms with van der Waals surface area (Å²) in [5, 5.41) is 7.49. The predicted molar refractivity (Wildman–Crippen MR) is 103 cm³/mol. The first kappa shape index (κ1) is 18.0. The highest BCUT2D eigenvalue weighted by Gasteiger charge is 2.29. The first-order valence-corrected chi connectivity index (χ1v) is 9.83. The number of carbonyl (C=O) groups excluding carboxylic acids is 2. The number of amides is 2. The van der Waals surface area contributed by atoms with Crippen molar-refractivity contribution in [1.82, 2.24) is 10.2 Å². The highest BCUT2D eigenvalue weighted by Crippen LogP contribution is 2.36. The van der Waals surface area contributed by atoms with Gasteiger partial charge in [-0.1, -0.05) is 18.2 Å². The van der Waals surface area contributed by atoms with E-state index in [-0.39, 0.29) is 24.3 Å². The van der Waals surface area contributed by atoms with E-state index in [4.69, 9.17) is 0 Å². The van der Waals surface area contributed by atoms with Crippen LogP contribution < -0.4 is 10.6 Å². The molecule has 1 aromatic carbocycles. The van der Waals surface area contributed by atoms with Crippen LogP contribution in [0.2, 0.25) is 0 Å². The van der Waals surface area contributed by atoms with E-state index in [1.54, 1.807) is 11.3 Å². The molecule has 2 aromatic rings. The maximum atomic E-state index is 12.3. The minimum absolute atomic E-state index is 0.101. The summed E-state index contributed by atoms with van der Waals surface area (Å²) >= 11 is 3.13. The molecule has 0 unspecified atom stereocenters. The summed E-state index contributed by atoms with van der Waals surface area (Å²) in [5.74, 6) is -0.211. The first-order chi connectivity index (χ1) is 12.0. The molecule has 0 spiro atoms. The van der Waals surface area contributed by atoms with Crippen LogP contribution in [0, 0.1) is 0 Å². The monoisotopic (exact) mass is 375 g/mol. The lowest BCUT2D eigenvalue weighted by atomic mass is 10.2. The second-order valence-corrected chi connectivity index (χ2v) is 8.32. The van der Waals surface area contributed by atoms with Crippen molar-refractivity contribution in [1.29, 1.82) is 0 Å². The molecule has 0 bridgehead atoms. The van der Waals surface area contributed by atoms with Crippen molar-refractivity contribution >= 4 is 40.6 Å². The number of fused-ring (bicyclic) bond motifs is 1. The maximum absolute atomic E-state index is 12.3. The summed E-state index contributed by atoms with van der Waals surface area (Å²) < 4.78 is 0. The molecule has 7 heteroatoms. The summed E-state index contributed by atoms with van der Waals surface area (Å²) in [7, 11) is 4.00. The van der Waals surface area contributed by atoms with Gasteiger partial charge in [0.1, 0.15) is 0 Å². The van der Waals surface area contributed by atoms with E-state index >= 15 is 0 Å². The van der Waals surface area contributed by atoms with E-state index in [0.717, 1.165) is 10.6 Å². The molecule has 2 atom stereocenters. The molecule has 0 aliphatic carbocycles. The number of thiophene rings is 1. The van der Waals surface area contributed by atoms with Crippen LogP contribution in [0.4, 0.5) is 5.69 Å². The number of para-hydroxylation sites is 1. The Hall–Kier alpha value is -1.83. The van der Waals surface area contributed by atoms with Gasteiger partial charge in [-0.25, -0.2) is 0 Å². The van der Waals surface area contributed by atoms with Gasteiger partial charge in [-0.3, -0.25) is 9.59 Å². The summed E-state index contributed by atoms with van der Waals surface area (Å²) in [6.07, 6.45) is 0.176. The van der Waals surface area contributed by atoms with Crippen LogP contribution in [0.3, 0.4) is 0 Å². The number of carbonyl (C=O) groups is 2. The number of likely N-dealkylation sites (N-methyl/N-ethyl adjacent to an activating group) is 1. The fourth-order valence-electron chi connectivity index (χ4n) is 2.70. The molecule has 0 saturated carbocycles. The molecule has 2 N–H and O–H groups in total. The number of hydrogen-bond donors (Lipinski definition) is 2. The third-order valence-electron chi connectivity index (χ3n) is 4.06.